The Balaban J connectivity index is 2.67. The van der Waals surface area contributed by atoms with Crippen molar-refractivity contribution in [3.8, 4) is 11.3 Å². The fourth-order valence-electron chi connectivity index (χ4n) is 1.80. The van der Waals surface area contributed by atoms with Crippen molar-refractivity contribution in [2.75, 3.05) is 5.73 Å². The first kappa shape index (κ1) is 11.5. The second-order valence-electron chi connectivity index (χ2n) is 4.15. The summed E-state index contributed by atoms with van der Waals surface area (Å²) < 4.78 is 13.4. The number of nitrogen functional groups attached to an aromatic ring is 1. The van der Waals surface area contributed by atoms with E-state index in [0.717, 1.165) is 16.7 Å². The molecule has 0 bridgehead atoms. The second-order valence-corrected chi connectivity index (χ2v) is 4.15. The van der Waals surface area contributed by atoms with Gasteiger partial charge in [-0.2, -0.15) is 0 Å². The van der Waals surface area contributed by atoms with E-state index in [2.05, 4.69) is 9.97 Å². The molecule has 0 unspecified atom stereocenters. The van der Waals surface area contributed by atoms with Gasteiger partial charge in [-0.25, -0.2) is 14.4 Å². The van der Waals surface area contributed by atoms with Crippen LogP contribution in [-0.4, -0.2) is 9.97 Å². The molecule has 0 aliphatic heterocycles. The maximum atomic E-state index is 13.4. The molecule has 17 heavy (non-hydrogen) atoms. The number of anilines is 1. The van der Waals surface area contributed by atoms with E-state index in [1.165, 1.54) is 12.1 Å². The highest BCUT2D eigenvalue weighted by molar-refractivity contribution is 5.67. The lowest BCUT2D eigenvalue weighted by atomic mass is 10.0. The summed E-state index contributed by atoms with van der Waals surface area (Å²) in [5.41, 5.74) is 8.85. The van der Waals surface area contributed by atoms with Crippen LogP contribution in [0.2, 0.25) is 0 Å². The molecule has 0 saturated carbocycles. The van der Waals surface area contributed by atoms with Crippen LogP contribution in [0.4, 0.5) is 10.2 Å². The molecule has 0 radical (unpaired) electrons. The molecule has 3 nitrogen and oxygen atoms in total. The van der Waals surface area contributed by atoms with Gasteiger partial charge in [0.15, 0.2) is 0 Å². The molecule has 0 atom stereocenters. The van der Waals surface area contributed by atoms with Crippen LogP contribution in [0.25, 0.3) is 11.3 Å². The number of aromatic nitrogens is 2. The molecule has 0 saturated heterocycles. The van der Waals surface area contributed by atoms with Gasteiger partial charge in [0.05, 0.1) is 5.69 Å². The van der Waals surface area contributed by atoms with Gasteiger partial charge in [-0.1, -0.05) is 0 Å². The Hall–Kier alpha value is -1.97. The summed E-state index contributed by atoms with van der Waals surface area (Å²) in [4.78, 5) is 8.41. The summed E-state index contributed by atoms with van der Waals surface area (Å²) >= 11 is 0. The summed E-state index contributed by atoms with van der Waals surface area (Å²) in [6.07, 6.45) is 0. The number of hydrogen-bond acceptors (Lipinski definition) is 3. The van der Waals surface area contributed by atoms with E-state index in [1.54, 1.807) is 6.92 Å². The lowest BCUT2D eigenvalue weighted by Crippen LogP contribution is -2.02. The zero-order valence-electron chi connectivity index (χ0n) is 10.1. The van der Waals surface area contributed by atoms with Crippen molar-refractivity contribution in [2.24, 2.45) is 0 Å². The van der Waals surface area contributed by atoms with Crippen LogP contribution in [0.3, 0.4) is 0 Å². The molecule has 2 aromatic rings. The topological polar surface area (TPSA) is 51.8 Å². The van der Waals surface area contributed by atoms with Crippen molar-refractivity contribution >= 4 is 5.82 Å². The summed E-state index contributed by atoms with van der Waals surface area (Å²) in [6, 6.07) is 4.83. The van der Waals surface area contributed by atoms with Crippen LogP contribution in [0, 0.1) is 26.6 Å². The molecule has 2 rings (SSSR count). The lowest BCUT2D eigenvalue weighted by molar-refractivity contribution is 0.627. The van der Waals surface area contributed by atoms with Gasteiger partial charge >= 0.3 is 0 Å². The number of nitrogens with two attached hydrogens (primary N) is 1. The minimum atomic E-state index is -0.269. The first-order valence-corrected chi connectivity index (χ1v) is 5.35. The van der Waals surface area contributed by atoms with Crippen LogP contribution in [-0.2, 0) is 0 Å². The molecule has 4 heteroatoms. The third-order valence-corrected chi connectivity index (χ3v) is 2.61. The van der Waals surface area contributed by atoms with Gasteiger partial charge in [-0.15, -0.1) is 0 Å². The highest BCUT2D eigenvalue weighted by Crippen LogP contribution is 2.25. The molecule has 1 heterocycles. The highest BCUT2D eigenvalue weighted by atomic mass is 19.1. The average Bonchev–Trinajstić information content (AvgIpc) is 2.22. The van der Waals surface area contributed by atoms with Crippen molar-refractivity contribution < 1.29 is 4.39 Å². The highest BCUT2D eigenvalue weighted by Gasteiger charge is 2.10. The van der Waals surface area contributed by atoms with Gasteiger partial charge in [-0.05, 0) is 44.5 Å². The van der Waals surface area contributed by atoms with Gasteiger partial charge in [0, 0.05) is 11.1 Å². The Morgan fingerprint density at radius 2 is 1.76 bits per heavy atom. The Kier molecular flexibility index (Phi) is 2.79. The fraction of sp³-hybridized carbons (Fsp3) is 0.231. The smallest absolute Gasteiger partial charge is 0.130 e. The summed E-state index contributed by atoms with van der Waals surface area (Å²) in [6.45, 7) is 5.45. The molecule has 1 aromatic heterocycles. The molecule has 0 amide bonds. The number of aryl methyl sites for hydroxylation is 2. The summed E-state index contributed by atoms with van der Waals surface area (Å²) in [5.74, 6) is 0.758. The number of rotatable bonds is 1. The second kappa shape index (κ2) is 4.13. The van der Waals surface area contributed by atoms with E-state index >= 15 is 0 Å². The van der Waals surface area contributed by atoms with Crippen molar-refractivity contribution in [3.05, 3.63) is 41.0 Å². The number of benzene rings is 1. The third kappa shape index (κ3) is 2.25. The van der Waals surface area contributed by atoms with Crippen molar-refractivity contribution in [1.29, 1.82) is 0 Å². The van der Waals surface area contributed by atoms with E-state index in [4.69, 9.17) is 5.73 Å². The molecule has 88 valence electrons. The maximum absolute atomic E-state index is 13.4. The van der Waals surface area contributed by atoms with E-state index in [-0.39, 0.29) is 5.82 Å². The molecule has 0 fully saturated rings. The van der Waals surface area contributed by atoms with Crippen molar-refractivity contribution in [3.63, 3.8) is 0 Å². The predicted octanol–water partition coefficient (Wildman–Crippen LogP) is 2.79. The summed E-state index contributed by atoms with van der Waals surface area (Å²) in [7, 11) is 0. The van der Waals surface area contributed by atoms with Gasteiger partial charge < -0.3 is 5.73 Å². The van der Waals surface area contributed by atoms with Crippen LogP contribution < -0.4 is 5.73 Å². The Morgan fingerprint density at radius 3 is 2.41 bits per heavy atom. The zero-order valence-corrected chi connectivity index (χ0v) is 10.1. The number of halogens is 1. The van der Waals surface area contributed by atoms with Crippen molar-refractivity contribution in [1.82, 2.24) is 9.97 Å². The fourth-order valence-corrected chi connectivity index (χ4v) is 1.80. The van der Waals surface area contributed by atoms with Crippen LogP contribution >= 0.6 is 0 Å². The van der Waals surface area contributed by atoms with E-state index in [1.807, 2.05) is 19.9 Å². The van der Waals surface area contributed by atoms with Gasteiger partial charge in [0.25, 0.3) is 0 Å². The number of hydrogen-bond donors (Lipinski definition) is 1. The first-order valence-electron chi connectivity index (χ1n) is 5.35. The first-order chi connectivity index (χ1) is 7.97. The van der Waals surface area contributed by atoms with Crippen LogP contribution in [0.15, 0.2) is 18.2 Å². The van der Waals surface area contributed by atoms with Crippen LogP contribution in [0.5, 0.6) is 0 Å². The SMILES string of the molecule is Cc1cc(F)cc(-c2nc(C)nc(N)c2C)c1. The van der Waals surface area contributed by atoms with Gasteiger partial charge in [-0.3, -0.25) is 0 Å². The minimum absolute atomic E-state index is 0.269. The molecular formula is C13H14FN3. The largest absolute Gasteiger partial charge is 0.383 e. The lowest BCUT2D eigenvalue weighted by Gasteiger charge is -2.09. The molecular weight excluding hydrogens is 217 g/mol. The minimum Gasteiger partial charge on any atom is -0.383 e. The quantitative estimate of drug-likeness (QED) is 0.821. The van der Waals surface area contributed by atoms with Crippen molar-refractivity contribution in [2.45, 2.75) is 20.8 Å². The van der Waals surface area contributed by atoms with E-state index in [9.17, 15) is 4.39 Å². The van der Waals surface area contributed by atoms with Gasteiger partial charge in [0.1, 0.15) is 17.5 Å². The zero-order chi connectivity index (χ0) is 12.6. The Labute approximate surface area is 99.5 Å². The average molecular weight is 231 g/mol. The van der Waals surface area contributed by atoms with E-state index < -0.39 is 0 Å². The molecule has 0 aliphatic carbocycles. The van der Waals surface area contributed by atoms with Gasteiger partial charge in [0.2, 0.25) is 0 Å². The third-order valence-electron chi connectivity index (χ3n) is 2.61. The van der Waals surface area contributed by atoms with E-state index in [0.29, 0.717) is 17.3 Å². The Bertz CT molecular complexity index is 559. The Morgan fingerprint density at radius 1 is 1.06 bits per heavy atom. The molecule has 0 aliphatic rings. The maximum Gasteiger partial charge on any atom is 0.130 e. The normalized spacial score (nSPS) is 10.6. The standard InChI is InChI=1S/C13H14FN3/c1-7-4-10(6-11(14)5-7)12-8(2)13(15)17-9(3)16-12/h4-6H,1-3H3,(H2,15,16,17). The molecule has 0 spiro atoms. The predicted molar refractivity (Wildman–Crippen MR) is 66.0 cm³/mol. The van der Waals surface area contributed by atoms with Crippen LogP contribution in [0.1, 0.15) is 17.0 Å². The monoisotopic (exact) mass is 231 g/mol. The number of nitrogens with zero attached hydrogens (tertiary/aromatic N) is 2. The summed E-state index contributed by atoms with van der Waals surface area (Å²) in [5, 5.41) is 0. The molecule has 1 aromatic carbocycles. The molecule has 2 N–H and O–H groups in total.